The van der Waals surface area contributed by atoms with Crippen molar-refractivity contribution in [2.75, 3.05) is 13.6 Å². The fourth-order valence-corrected chi connectivity index (χ4v) is 2.63. The third kappa shape index (κ3) is 9.45. The van der Waals surface area contributed by atoms with Gasteiger partial charge in [0.2, 0.25) is 0 Å². The van der Waals surface area contributed by atoms with Crippen LogP contribution in [0.15, 0.2) is 47.6 Å². The van der Waals surface area contributed by atoms with E-state index in [4.69, 9.17) is 11.6 Å². The van der Waals surface area contributed by atoms with Crippen molar-refractivity contribution in [2.45, 2.75) is 39.3 Å². The molecule has 0 saturated carbocycles. The number of aliphatic imine (C=N–C) groups is 1. The molecule has 0 spiro atoms. The summed E-state index contributed by atoms with van der Waals surface area (Å²) in [7, 11) is 1.73. The van der Waals surface area contributed by atoms with Gasteiger partial charge in [0.05, 0.1) is 0 Å². The topological polar surface area (TPSA) is 78.4 Å². The number of nitrogens with one attached hydrogen (secondary N) is 3. The lowest BCUT2D eigenvalue weighted by Gasteiger charge is -2.20. The highest BCUT2D eigenvalue weighted by Crippen LogP contribution is 2.08. The highest BCUT2D eigenvalue weighted by atomic mass is 127. The van der Waals surface area contributed by atoms with Gasteiger partial charge in [0.1, 0.15) is 5.15 Å². The van der Waals surface area contributed by atoms with Crippen LogP contribution in [0, 0.1) is 0 Å². The van der Waals surface area contributed by atoms with Gasteiger partial charge in [-0.3, -0.25) is 9.79 Å². The average Bonchev–Trinajstić information content (AvgIpc) is 2.65. The van der Waals surface area contributed by atoms with Crippen LogP contribution in [0.5, 0.6) is 0 Å². The van der Waals surface area contributed by atoms with Gasteiger partial charge in [-0.1, -0.05) is 29.8 Å². The summed E-state index contributed by atoms with van der Waals surface area (Å²) in [6, 6.07) is 11.3. The van der Waals surface area contributed by atoms with E-state index in [2.05, 4.69) is 25.9 Å². The largest absolute Gasteiger partial charge is 0.356 e. The molecule has 0 aliphatic heterocycles. The zero-order chi connectivity index (χ0) is 20.6. The third-order valence-electron chi connectivity index (χ3n) is 3.86. The lowest BCUT2D eigenvalue weighted by Crippen LogP contribution is -2.40. The Labute approximate surface area is 195 Å². The molecule has 0 saturated heterocycles. The van der Waals surface area contributed by atoms with Gasteiger partial charge in [0.15, 0.2) is 5.96 Å². The van der Waals surface area contributed by atoms with E-state index in [0.29, 0.717) is 23.2 Å². The molecular weight excluding hydrogens is 501 g/mol. The Morgan fingerprint density at radius 3 is 2.52 bits per heavy atom. The van der Waals surface area contributed by atoms with Crippen LogP contribution >= 0.6 is 35.6 Å². The number of hydrogen-bond acceptors (Lipinski definition) is 3. The van der Waals surface area contributed by atoms with Crippen molar-refractivity contribution < 1.29 is 4.79 Å². The predicted molar refractivity (Wildman–Crippen MR) is 130 cm³/mol. The summed E-state index contributed by atoms with van der Waals surface area (Å²) in [5.41, 5.74) is 2.49. The molecule has 6 nitrogen and oxygen atoms in total. The van der Waals surface area contributed by atoms with Crippen molar-refractivity contribution in [1.29, 1.82) is 0 Å². The maximum absolute atomic E-state index is 12.3. The van der Waals surface area contributed by atoms with Crippen LogP contribution in [0.1, 0.15) is 42.3 Å². The van der Waals surface area contributed by atoms with Crippen LogP contribution in [0.4, 0.5) is 0 Å². The number of halogens is 2. The van der Waals surface area contributed by atoms with E-state index in [-0.39, 0.29) is 35.4 Å². The number of amides is 1. The molecule has 0 aliphatic carbocycles. The lowest BCUT2D eigenvalue weighted by molar-refractivity contribution is 0.0919. The van der Waals surface area contributed by atoms with Crippen LogP contribution in [0.3, 0.4) is 0 Å². The molecule has 0 unspecified atom stereocenters. The van der Waals surface area contributed by atoms with E-state index in [1.54, 1.807) is 19.3 Å². The number of carbonyl (C=O) groups is 1. The fourth-order valence-electron chi connectivity index (χ4n) is 2.52. The highest BCUT2D eigenvalue weighted by Gasteiger charge is 2.15. The Morgan fingerprint density at radius 1 is 1.14 bits per heavy atom. The number of carbonyl (C=O) groups excluding carboxylic acids is 1. The summed E-state index contributed by atoms with van der Waals surface area (Å²) < 4.78 is 0. The molecule has 0 fully saturated rings. The van der Waals surface area contributed by atoms with Crippen LogP contribution < -0.4 is 16.0 Å². The van der Waals surface area contributed by atoms with Crippen LogP contribution in [-0.4, -0.2) is 36.0 Å². The molecule has 1 aromatic heterocycles. The van der Waals surface area contributed by atoms with Crippen molar-refractivity contribution >= 4 is 47.4 Å². The Bertz CT molecular complexity index is 819. The quantitative estimate of drug-likeness (QED) is 0.230. The minimum atomic E-state index is -0.267. The number of guanidine groups is 1. The first-order valence-electron chi connectivity index (χ1n) is 9.23. The van der Waals surface area contributed by atoms with Gasteiger partial charge < -0.3 is 16.0 Å². The molecular formula is C21H29ClIN5O. The minimum absolute atomic E-state index is 0. The van der Waals surface area contributed by atoms with E-state index in [1.807, 2.05) is 51.1 Å². The molecule has 0 radical (unpaired) electrons. The Morgan fingerprint density at radius 2 is 1.90 bits per heavy atom. The lowest BCUT2D eigenvalue weighted by atomic mass is 10.1. The summed E-state index contributed by atoms with van der Waals surface area (Å²) in [6.45, 7) is 7.18. The Kier molecular flexibility index (Phi) is 10.4. The third-order valence-corrected chi connectivity index (χ3v) is 4.08. The van der Waals surface area contributed by atoms with Crippen LogP contribution in [-0.2, 0) is 13.0 Å². The minimum Gasteiger partial charge on any atom is -0.356 e. The average molecular weight is 530 g/mol. The van der Waals surface area contributed by atoms with Crippen molar-refractivity contribution in [3.8, 4) is 0 Å². The van der Waals surface area contributed by atoms with Crippen molar-refractivity contribution in [3.63, 3.8) is 0 Å². The number of benzene rings is 1. The van der Waals surface area contributed by atoms with E-state index >= 15 is 0 Å². The second-order valence-corrected chi connectivity index (χ2v) is 7.88. The van der Waals surface area contributed by atoms with E-state index in [1.165, 1.54) is 0 Å². The fraction of sp³-hybridized carbons (Fsp3) is 0.381. The summed E-state index contributed by atoms with van der Waals surface area (Å²) in [4.78, 5) is 20.6. The van der Waals surface area contributed by atoms with E-state index in [9.17, 15) is 4.79 Å². The first-order valence-corrected chi connectivity index (χ1v) is 9.61. The maximum Gasteiger partial charge on any atom is 0.251 e. The molecule has 29 heavy (non-hydrogen) atoms. The predicted octanol–water partition coefficient (Wildman–Crippen LogP) is 3.79. The normalized spacial score (nSPS) is 11.4. The number of pyridine rings is 1. The molecule has 1 heterocycles. The zero-order valence-corrected chi connectivity index (χ0v) is 20.3. The van der Waals surface area contributed by atoms with Gasteiger partial charge in [-0.05, 0) is 56.5 Å². The summed E-state index contributed by atoms with van der Waals surface area (Å²) >= 11 is 5.80. The standard InChI is InChI=1S/C21H28ClN5O.HI/c1-21(2,3)27-19(28)17-7-5-6-16(12-17)14-26-20(23-4)24-11-10-15-8-9-18(22)25-13-15;/h5-9,12-13H,10-11,14H2,1-4H3,(H,27,28)(H2,23,24,26);1H. The molecule has 0 bridgehead atoms. The summed E-state index contributed by atoms with van der Waals surface area (Å²) in [5, 5.41) is 10.0. The van der Waals surface area contributed by atoms with Gasteiger partial charge >= 0.3 is 0 Å². The van der Waals surface area contributed by atoms with Gasteiger partial charge in [-0.2, -0.15) is 0 Å². The van der Waals surface area contributed by atoms with Gasteiger partial charge in [-0.25, -0.2) is 4.98 Å². The number of nitrogens with zero attached hydrogens (tertiary/aromatic N) is 2. The first-order chi connectivity index (χ1) is 13.3. The molecule has 2 rings (SSSR count). The van der Waals surface area contributed by atoms with Crippen molar-refractivity contribution in [2.24, 2.45) is 4.99 Å². The number of rotatable bonds is 6. The summed E-state index contributed by atoms with van der Waals surface area (Å²) in [6.07, 6.45) is 2.58. The number of aromatic nitrogens is 1. The molecule has 158 valence electrons. The van der Waals surface area contributed by atoms with Crippen molar-refractivity contribution in [3.05, 3.63) is 64.4 Å². The van der Waals surface area contributed by atoms with Crippen molar-refractivity contribution in [1.82, 2.24) is 20.9 Å². The van der Waals surface area contributed by atoms with Crippen LogP contribution in [0.2, 0.25) is 5.15 Å². The molecule has 1 amide bonds. The Balaban J connectivity index is 0.00000420. The van der Waals surface area contributed by atoms with Gasteiger partial charge in [0.25, 0.3) is 5.91 Å². The number of hydrogen-bond donors (Lipinski definition) is 3. The zero-order valence-electron chi connectivity index (χ0n) is 17.3. The molecule has 3 N–H and O–H groups in total. The van der Waals surface area contributed by atoms with E-state index < -0.39 is 0 Å². The molecule has 0 atom stereocenters. The second kappa shape index (κ2) is 12.0. The Hall–Kier alpha value is -1.87. The smallest absolute Gasteiger partial charge is 0.251 e. The van der Waals surface area contributed by atoms with E-state index in [0.717, 1.165) is 24.1 Å². The molecule has 2 aromatic rings. The maximum atomic E-state index is 12.3. The van der Waals surface area contributed by atoms with Gasteiger partial charge in [-0.15, -0.1) is 24.0 Å². The highest BCUT2D eigenvalue weighted by molar-refractivity contribution is 14.0. The van der Waals surface area contributed by atoms with Gasteiger partial charge in [0, 0.05) is 37.4 Å². The first kappa shape index (κ1) is 25.2. The second-order valence-electron chi connectivity index (χ2n) is 7.50. The van der Waals surface area contributed by atoms with Crippen LogP contribution in [0.25, 0.3) is 0 Å². The summed E-state index contributed by atoms with van der Waals surface area (Å²) in [5.74, 6) is 0.625. The monoisotopic (exact) mass is 529 g/mol. The molecule has 1 aromatic carbocycles. The molecule has 8 heteroatoms. The molecule has 0 aliphatic rings. The SMILES string of the molecule is CN=C(NCCc1ccc(Cl)nc1)NCc1cccc(C(=O)NC(C)(C)C)c1.I.